The fourth-order valence-corrected chi connectivity index (χ4v) is 2.26. The number of hydrogen-bond acceptors (Lipinski definition) is 2. The van der Waals surface area contributed by atoms with Crippen LogP contribution in [0.15, 0.2) is 44.6 Å². The first-order chi connectivity index (χ1) is 6.77. The SMILES string of the molecule is CCC(C#N)=CSc1ccccc1Br. The van der Waals surface area contributed by atoms with Crippen molar-refractivity contribution >= 4 is 27.7 Å². The van der Waals surface area contributed by atoms with Crippen LogP contribution in [-0.2, 0) is 0 Å². The van der Waals surface area contributed by atoms with Gasteiger partial charge in [-0.1, -0.05) is 30.8 Å². The number of allylic oxidation sites excluding steroid dienone is 1. The molecule has 0 fully saturated rings. The van der Waals surface area contributed by atoms with Crippen LogP contribution < -0.4 is 0 Å². The van der Waals surface area contributed by atoms with E-state index in [2.05, 4.69) is 22.0 Å². The predicted octanol–water partition coefficient (Wildman–Crippen LogP) is 4.36. The number of halogens is 1. The van der Waals surface area contributed by atoms with Gasteiger partial charge in [0.05, 0.1) is 6.07 Å². The van der Waals surface area contributed by atoms with Gasteiger partial charge in [-0.2, -0.15) is 5.26 Å². The van der Waals surface area contributed by atoms with Crippen LogP contribution in [0.5, 0.6) is 0 Å². The molecule has 0 saturated heterocycles. The lowest BCUT2D eigenvalue weighted by molar-refractivity contribution is 1.16. The van der Waals surface area contributed by atoms with E-state index >= 15 is 0 Å². The molecule has 0 unspecified atom stereocenters. The zero-order chi connectivity index (χ0) is 10.4. The summed E-state index contributed by atoms with van der Waals surface area (Å²) in [5.74, 6) is 0. The van der Waals surface area contributed by atoms with Gasteiger partial charge in [-0.05, 0) is 39.9 Å². The Morgan fingerprint density at radius 2 is 2.29 bits per heavy atom. The molecule has 0 N–H and O–H groups in total. The zero-order valence-corrected chi connectivity index (χ0v) is 10.2. The summed E-state index contributed by atoms with van der Waals surface area (Å²) in [6, 6.07) is 10.1. The number of hydrogen-bond donors (Lipinski definition) is 0. The molecule has 14 heavy (non-hydrogen) atoms. The lowest BCUT2D eigenvalue weighted by Gasteiger charge is -1.99. The largest absolute Gasteiger partial charge is 0.193 e. The Bertz CT molecular complexity index is 379. The van der Waals surface area contributed by atoms with Crippen LogP contribution in [0.4, 0.5) is 0 Å². The van der Waals surface area contributed by atoms with Crippen LogP contribution >= 0.6 is 27.7 Å². The van der Waals surface area contributed by atoms with E-state index in [4.69, 9.17) is 5.26 Å². The van der Waals surface area contributed by atoms with E-state index in [0.29, 0.717) is 0 Å². The molecule has 0 aromatic heterocycles. The van der Waals surface area contributed by atoms with Gasteiger partial charge >= 0.3 is 0 Å². The summed E-state index contributed by atoms with van der Waals surface area (Å²) in [4.78, 5) is 1.13. The minimum absolute atomic E-state index is 0.786. The zero-order valence-electron chi connectivity index (χ0n) is 7.83. The Balaban J connectivity index is 2.76. The van der Waals surface area contributed by atoms with Gasteiger partial charge in [0.25, 0.3) is 0 Å². The van der Waals surface area contributed by atoms with E-state index in [1.165, 1.54) is 0 Å². The van der Waals surface area contributed by atoms with E-state index in [1.807, 2.05) is 36.6 Å². The number of nitrogens with zero attached hydrogens (tertiary/aromatic N) is 1. The second kappa shape index (κ2) is 5.90. The normalized spacial score (nSPS) is 11.1. The first-order valence-electron chi connectivity index (χ1n) is 4.28. The van der Waals surface area contributed by atoms with Gasteiger partial charge in [-0.25, -0.2) is 0 Å². The predicted molar refractivity (Wildman–Crippen MR) is 64.0 cm³/mol. The lowest BCUT2D eigenvalue weighted by atomic mass is 10.3. The maximum absolute atomic E-state index is 8.73. The van der Waals surface area contributed by atoms with Gasteiger partial charge in [-0.15, -0.1) is 0 Å². The first kappa shape index (κ1) is 11.4. The van der Waals surface area contributed by atoms with Crippen molar-refractivity contribution in [3.05, 3.63) is 39.7 Å². The summed E-state index contributed by atoms with van der Waals surface area (Å²) in [7, 11) is 0. The first-order valence-corrected chi connectivity index (χ1v) is 5.95. The molecule has 1 aromatic carbocycles. The van der Waals surface area contributed by atoms with Gasteiger partial charge in [0.1, 0.15) is 0 Å². The summed E-state index contributed by atoms with van der Waals surface area (Å²) in [6.07, 6.45) is 0.786. The van der Waals surface area contributed by atoms with Gasteiger partial charge in [0, 0.05) is 14.9 Å². The summed E-state index contributed by atoms with van der Waals surface area (Å²) < 4.78 is 1.06. The Kier molecular flexibility index (Phi) is 4.78. The molecule has 0 spiro atoms. The lowest BCUT2D eigenvalue weighted by Crippen LogP contribution is -1.74. The fraction of sp³-hybridized carbons (Fsp3) is 0.182. The quantitative estimate of drug-likeness (QED) is 0.600. The van der Waals surface area contributed by atoms with Crippen LogP contribution in [0.3, 0.4) is 0 Å². The molecule has 0 bridgehead atoms. The van der Waals surface area contributed by atoms with Crippen molar-refractivity contribution in [2.75, 3.05) is 0 Å². The van der Waals surface area contributed by atoms with E-state index in [1.54, 1.807) is 11.8 Å². The van der Waals surface area contributed by atoms with E-state index in [-0.39, 0.29) is 0 Å². The fourth-order valence-electron chi connectivity index (χ4n) is 0.864. The van der Waals surface area contributed by atoms with E-state index in [0.717, 1.165) is 21.4 Å². The monoisotopic (exact) mass is 267 g/mol. The van der Waals surface area contributed by atoms with Crippen molar-refractivity contribution in [3.63, 3.8) is 0 Å². The molecule has 3 heteroatoms. The van der Waals surface area contributed by atoms with Crippen molar-refractivity contribution in [1.82, 2.24) is 0 Å². The molecule has 0 aliphatic rings. The highest BCUT2D eigenvalue weighted by atomic mass is 79.9. The average molecular weight is 268 g/mol. The Morgan fingerprint density at radius 3 is 2.86 bits per heavy atom. The third-order valence-corrected chi connectivity index (χ3v) is 3.66. The maximum atomic E-state index is 8.73. The van der Waals surface area contributed by atoms with Gasteiger partial charge < -0.3 is 0 Å². The topological polar surface area (TPSA) is 23.8 Å². The van der Waals surface area contributed by atoms with E-state index < -0.39 is 0 Å². The van der Waals surface area contributed by atoms with Crippen molar-refractivity contribution in [2.24, 2.45) is 0 Å². The van der Waals surface area contributed by atoms with Gasteiger partial charge in [-0.3, -0.25) is 0 Å². The van der Waals surface area contributed by atoms with E-state index in [9.17, 15) is 0 Å². The minimum Gasteiger partial charge on any atom is -0.193 e. The molecule has 0 amide bonds. The minimum atomic E-state index is 0.786. The molecular formula is C11H10BrNS. The molecule has 1 aromatic rings. The maximum Gasteiger partial charge on any atom is 0.0952 e. The second-order valence-corrected chi connectivity index (χ2v) is 4.42. The Hall–Kier alpha value is -0.720. The highest BCUT2D eigenvalue weighted by Gasteiger charge is 1.97. The molecule has 1 nitrogen and oxygen atoms in total. The number of thioether (sulfide) groups is 1. The summed E-state index contributed by atoms with van der Waals surface area (Å²) in [5, 5.41) is 10.6. The number of rotatable bonds is 3. The molecule has 0 saturated carbocycles. The Morgan fingerprint density at radius 1 is 1.57 bits per heavy atom. The van der Waals surface area contributed by atoms with Crippen molar-refractivity contribution in [3.8, 4) is 6.07 Å². The summed E-state index contributed by atoms with van der Waals surface area (Å²) >= 11 is 5.03. The standard InChI is InChI=1S/C11H10BrNS/c1-2-9(7-13)8-14-11-6-4-3-5-10(11)12/h3-6,8H,2H2,1H3. The van der Waals surface area contributed by atoms with Crippen molar-refractivity contribution < 1.29 is 0 Å². The highest BCUT2D eigenvalue weighted by Crippen LogP contribution is 2.28. The Labute approximate surface area is 96.9 Å². The van der Waals surface area contributed by atoms with Crippen LogP contribution in [0, 0.1) is 11.3 Å². The van der Waals surface area contributed by atoms with Crippen LogP contribution in [0.2, 0.25) is 0 Å². The molecule has 0 aliphatic carbocycles. The average Bonchev–Trinajstić information content (AvgIpc) is 2.22. The highest BCUT2D eigenvalue weighted by molar-refractivity contribution is 9.10. The molecular weight excluding hydrogens is 258 g/mol. The van der Waals surface area contributed by atoms with Crippen LogP contribution in [-0.4, -0.2) is 0 Å². The molecule has 0 radical (unpaired) electrons. The van der Waals surface area contributed by atoms with Gasteiger partial charge in [0.2, 0.25) is 0 Å². The molecule has 0 heterocycles. The second-order valence-electron chi connectivity index (χ2n) is 2.66. The third kappa shape index (κ3) is 3.21. The number of nitriles is 1. The molecule has 0 aliphatic heterocycles. The molecule has 72 valence electrons. The molecule has 0 atom stereocenters. The van der Waals surface area contributed by atoms with Crippen molar-refractivity contribution in [1.29, 1.82) is 5.26 Å². The molecule has 1 rings (SSSR count). The number of benzene rings is 1. The van der Waals surface area contributed by atoms with Crippen LogP contribution in [0.1, 0.15) is 13.3 Å². The third-order valence-electron chi connectivity index (χ3n) is 1.69. The smallest absolute Gasteiger partial charge is 0.0952 e. The van der Waals surface area contributed by atoms with Gasteiger partial charge in [0.15, 0.2) is 0 Å². The van der Waals surface area contributed by atoms with Crippen LogP contribution in [0.25, 0.3) is 0 Å². The summed E-state index contributed by atoms with van der Waals surface area (Å²) in [6.45, 7) is 1.98. The van der Waals surface area contributed by atoms with Crippen molar-refractivity contribution in [2.45, 2.75) is 18.2 Å². The summed E-state index contributed by atoms with van der Waals surface area (Å²) in [5.41, 5.74) is 0.811.